The Balaban J connectivity index is 1.20. The summed E-state index contributed by atoms with van der Waals surface area (Å²) in [5.41, 5.74) is 2.08. The van der Waals surface area contributed by atoms with E-state index in [-0.39, 0.29) is 12.5 Å². The normalized spacial score (nSPS) is 19.2. The molecular formula is C37H45N5O8. The van der Waals surface area contributed by atoms with Gasteiger partial charge in [-0.3, -0.25) is 14.5 Å². The number of imidazole rings is 1. The van der Waals surface area contributed by atoms with Crippen molar-refractivity contribution in [2.75, 3.05) is 39.4 Å². The second-order valence-electron chi connectivity index (χ2n) is 13.7. The largest absolute Gasteiger partial charge is 0.493 e. The number of aromatic amines is 1. The van der Waals surface area contributed by atoms with Gasteiger partial charge < -0.3 is 39.3 Å². The van der Waals surface area contributed by atoms with E-state index in [1.54, 1.807) is 35.0 Å². The lowest BCUT2D eigenvalue weighted by molar-refractivity contribution is -0.171. The van der Waals surface area contributed by atoms with Gasteiger partial charge in [-0.1, -0.05) is 30.4 Å². The monoisotopic (exact) mass is 687 g/mol. The van der Waals surface area contributed by atoms with Gasteiger partial charge in [-0.05, 0) is 56.9 Å². The Morgan fingerprint density at radius 1 is 1.08 bits per heavy atom. The van der Waals surface area contributed by atoms with Crippen LogP contribution in [-0.4, -0.2) is 90.2 Å². The van der Waals surface area contributed by atoms with Gasteiger partial charge in [0.15, 0.2) is 11.5 Å². The third-order valence-electron chi connectivity index (χ3n) is 9.03. The van der Waals surface area contributed by atoms with Crippen LogP contribution in [0.2, 0.25) is 0 Å². The van der Waals surface area contributed by atoms with Crippen LogP contribution in [0.5, 0.6) is 11.5 Å². The first kappa shape index (κ1) is 35.0. The van der Waals surface area contributed by atoms with Crippen molar-refractivity contribution in [1.82, 2.24) is 20.2 Å². The van der Waals surface area contributed by atoms with Crippen molar-refractivity contribution in [2.24, 2.45) is 0 Å². The molecule has 1 aromatic heterocycles. The first-order valence-electron chi connectivity index (χ1n) is 16.9. The van der Waals surface area contributed by atoms with Crippen molar-refractivity contribution in [1.29, 1.82) is 0 Å². The van der Waals surface area contributed by atoms with Crippen LogP contribution in [-0.2, 0) is 30.2 Å². The van der Waals surface area contributed by atoms with Gasteiger partial charge >= 0.3 is 6.09 Å². The predicted molar refractivity (Wildman–Crippen MR) is 186 cm³/mol. The first-order chi connectivity index (χ1) is 24.0. The maximum atomic E-state index is 14.6. The number of carbonyl (C=O) groups is 3. The van der Waals surface area contributed by atoms with E-state index in [0.717, 1.165) is 34.4 Å². The molecule has 3 amide bonds. The molecule has 2 aromatic carbocycles. The van der Waals surface area contributed by atoms with Crippen molar-refractivity contribution in [3.05, 3.63) is 71.6 Å². The van der Waals surface area contributed by atoms with Gasteiger partial charge in [0, 0.05) is 37.1 Å². The van der Waals surface area contributed by atoms with Crippen molar-refractivity contribution < 1.29 is 38.1 Å². The number of aromatic nitrogens is 2. The maximum Gasteiger partial charge on any atom is 0.408 e. The van der Waals surface area contributed by atoms with Gasteiger partial charge in [0.2, 0.25) is 5.91 Å². The molecule has 0 saturated carbocycles. The second kappa shape index (κ2) is 14.5. The van der Waals surface area contributed by atoms with Crippen molar-refractivity contribution >= 4 is 34.6 Å². The minimum atomic E-state index is -1.04. The Morgan fingerprint density at radius 2 is 1.80 bits per heavy atom. The van der Waals surface area contributed by atoms with Crippen LogP contribution < -0.4 is 20.1 Å². The number of nitrogens with one attached hydrogen (secondary N) is 3. The number of rotatable bonds is 9. The number of carbonyl (C=O) groups excluding carboxylic acids is 3. The van der Waals surface area contributed by atoms with Crippen LogP contribution in [0.1, 0.15) is 57.8 Å². The summed E-state index contributed by atoms with van der Waals surface area (Å²) in [7, 11) is 3.18. The molecule has 13 heteroatoms. The Kier molecular flexibility index (Phi) is 10.2. The number of allylic oxidation sites excluding steroid dienone is 3. The molecule has 2 saturated heterocycles. The van der Waals surface area contributed by atoms with Gasteiger partial charge in [-0.15, -0.1) is 0 Å². The third kappa shape index (κ3) is 7.63. The Bertz CT molecular complexity index is 1740. The molecule has 0 radical (unpaired) electrons. The van der Waals surface area contributed by atoms with Crippen molar-refractivity contribution in [3.63, 3.8) is 0 Å². The fourth-order valence-electron chi connectivity index (χ4n) is 6.62. The quantitative estimate of drug-likeness (QED) is 0.282. The molecule has 266 valence electrons. The molecule has 3 heterocycles. The van der Waals surface area contributed by atoms with Crippen LogP contribution in [0.25, 0.3) is 11.0 Å². The van der Waals surface area contributed by atoms with Gasteiger partial charge in [0.05, 0.1) is 45.1 Å². The predicted octanol–water partition coefficient (Wildman–Crippen LogP) is 5.01. The summed E-state index contributed by atoms with van der Waals surface area (Å²) < 4.78 is 28.3. The number of alkyl carbamates (subject to hydrolysis) is 1. The van der Waals surface area contributed by atoms with E-state index in [9.17, 15) is 14.4 Å². The fourth-order valence-corrected chi connectivity index (χ4v) is 6.62. The van der Waals surface area contributed by atoms with Crippen LogP contribution in [0.3, 0.4) is 0 Å². The summed E-state index contributed by atoms with van der Waals surface area (Å²) in [4.78, 5) is 51.1. The zero-order chi connectivity index (χ0) is 35.5. The van der Waals surface area contributed by atoms with Crippen LogP contribution in [0, 0.1) is 0 Å². The highest BCUT2D eigenvalue weighted by Crippen LogP contribution is 2.38. The Morgan fingerprint density at radius 3 is 2.46 bits per heavy atom. The molecule has 13 nitrogen and oxygen atoms in total. The molecule has 1 unspecified atom stereocenters. The smallest absolute Gasteiger partial charge is 0.408 e. The molecule has 3 aliphatic rings. The minimum Gasteiger partial charge on any atom is -0.493 e. The number of hydrogen-bond donors (Lipinski definition) is 3. The molecule has 0 bridgehead atoms. The summed E-state index contributed by atoms with van der Waals surface area (Å²) in [6.07, 6.45) is 7.64. The number of amides is 3. The number of hydrogen-bond acceptors (Lipinski definition) is 9. The van der Waals surface area contributed by atoms with E-state index in [4.69, 9.17) is 28.7 Å². The molecule has 3 aromatic rings. The van der Waals surface area contributed by atoms with E-state index < -0.39 is 35.4 Å². The number of methoxy groups -OCH3 is 2. The van der Waals surface area contributed by atoms with E-state index in [0.29, 0.717) is 56.1 Å². The number of fused-ring (bicyclic) bond motifs is 1. The maximum absolute atomic E-state index is 14.6. The van der Waals surface area contributed by atoms with Crippen LogP contribution >= 0.6 is 0 Å². The number of nitrogens with zero attached hydrogens (tertiary/aromatic N) is 2. The second-order valence-corrected chi connectivity index (χ2v) is 13.7. The van der Waals surface area contributed by atoms with Gasteiger partial charge in [0.25, 0.3) is 5.91 Å². The standard InChI is InChI=1S/C37H45N5O8/c1-36(2,3)50-35(45)41-32(24-9-7-6-8-10-24)34(44)42-28(22-49-37(42)15-17-48-18-16-37)33(43)38-25-13-11-23(12-14-25)19-31-39-26-20-29(46-4)30(47-5)21-27(26)40-31/h6-7,9,11-14,20-21,28,32H,8,10,15-19,22H2,1-5H3,(H,38,43)(H,39,40)(H,41,45)/t28?,32-/m1/s1. The number of H-pyrrole nitrogens is 1. The summed E-state index contributed by atoms with van der Waals surface area (Å²) in [6.45, 7) is 6.05. The topological polar surface area (TPSA) is 153 Å². The highest BCUT2D eigenvalue weighted by Gasteiger charge is 2.55. The average molecular weight is 688 g/mol. The molecule has 2 aliphatic heterocycles. The highest BCUT2D eigenvalue weighted by atomic mass is 16.6. The molecular weight excluding hydrogens is 642 g/mol. The molecule has 50 heavy (non-hydrogen) atoms. The summed E-state index contributed by atoms with van der Waals surface area (Å²) in [6, 6.07) is 9.19. The first-order valence-corrected chi connectivity index (χ1v) is 16.9. The molecule has 1 spiro atoms. The van der Waals surface area contributed by atoms with E-state index in [1.165, 1.54) is 4.90 Å². The molecule has 3 N–H and O–H groups in total. The summed E-state index contributed by atoms with van der Waals surface area (Å²) >= 11 is 0. The zero-order valence-electron chi connectivity index (χ0n) is 29.2. The van der Waals surface area contributed by atoms with Gasteiger partial charge in [-0.2, -0.15) is 0 Å². The minimum absolute atomic E-state index is 0.00931. The number of ether oxygens (including phenoxy) is 5. The van der Waals surface area contributed by atoms with Gasteiger partial charge in [-0.25, -0.2) is 9.78 Å². The van der Waals surface area contributed by atoms with Crippen LogP contribution in [0.4, 0.5) is 10.5 Å². The van der Waals surface area contributed by atoms with Crippen LogP contribution in [0.15, 0.2) is 60.2 Å². The SMILES string of the molecule is COc1cc2nc(Cc3ccc(NC(=O)C4COC5(CCOCC5)N4C(=O)[C@H](NC(=O)OC(C)(C)C)C4=CC=CCC4)cc3)[nH]c2cc1OC. The lowest BCUT2D eigenvalue weighted by atomic mass is 9.94. The molecule has 6 rings (SSSR count). The fraction of sp³-hybridized carbons (Fsp3) is 0.459. The molecule has 2 atom stereocenters. The zero-order valence-corrected chi connectivity index (χ0v) is 29.2. The Labute approximate surface area is 291 Å². The Hall–Kier alpha value is -4.88. The van der Waals surface area contributed by atoms with E-state index in [1.807, 2.05) is 54.6 Å². The summed E-state index contributed by atoms with van der Waals surface area (Å²) in [5.74, 6) is 1.18. The lowest BCUT2D eigenvalue weighted by Crippen LogP contribution is -2.62. The molecule has 2 fully saturated rings. The number of benzene rings is 2. The third-order valence-corrected chi connectivity index (χ3v) is 9.03. The summed E-state index contributed by atoms with van der Waals surface area (Å²) in [5, 5.41) is 5.79. The lowest BCUT2D eigenvalue weighted by Gasteiger charge is -2.43. The number of anilines is 1. The molecule has 1 aliphatic carbocycles. The van der Waals surface area contributed by atoms with Crippen molar-refractivity contribution in [3.8, 4) is 11.5 Å². The average Bonchev–Trinajstić information content (AvgIpc) is 3.67. The van der Waals surface area contributed by atoms with Gasteiger partial charge in [0.1, 0.15) is 29.2 Å². The van der Waals surface area contributed by atoms with E-state index in [2.05, 4.69) is 15.6 Å². The van der Waals surface area contributed by atoms with E-state index >= 15 is 0 Å². The van der Waals surface area contributed by atoms with Crippen molar-refractivity contribution in [2.45, 2.75) is 76.3 Å². The highest BCUT2D eigenvalue weighted by molar-refractivity contribution is 5.99.